The molecule has 0 bridgehead atoms. The number of carbonyl (C=O) groups excluding carboxylic acids is 2. The molecule has 2 aromatic carbocycles. The number of esters is 2. The molecule has 0 saturated heterocycles. The molecular formula is C34H50O3. The zero-order valence-corrected chi connectivity index (χ0v) is 23.6. The van der Waals surface area contributed by atoms with E-state index in [1.54, 1.807) is 12.1 Å². The Hall–Kier alpha value is -2.42. The highest BCUT2D eigenvalue weighted by molar-refractivity contribution is 6.03. The number of hydrogen-bond acceptors (Lipinski definition) is 3. The van der Waals surface area contributed by atoms with Gasteiger partial charge in [-0.25, -0.2) is 9.59 Å². The number of carbonyl (C=O) groups is 2. The molecule has 0 N–H and O–H groups in total. The molecule has 0 spiro atoms. The molecule has 2 aromatic rings. The molecule has 37 heavy (non-hydrogen) atoms. The first kappa shape index (κ1) is 30.8. The van der Waals surface area contributed by atoms with Crippen molar-refractivity contribution >= 4 is 11.9 Å². The molecule has 0 saturated carbocycles. The highest BCUT2D eigenvalue weighted by atomic mass is 16.6. The van der Waals surface area contributed by atoms with Gasteiger partial charge in [0.25, 0.3) is 0 Å². The number of rotatable bonds is 20. The summed E-state index contributed by atoms with van der Waals surface area (Å²) in [5.41, 5.74) is 2.97. The van der Waals surface area contributed by atoms with Crippen LogP contribution < -0.4 is 0 Å². The topological polar surface area (TPSA) is 43.4 Å². The van der Waals surface area contributed by atoms with E-state index < -0.39 is 11.9 Å². The molecule has 0 heterocycles. The van der Waals surface area contributed by atoms with Crippen molar-refractivity contribution in [2.75, 3.05) is 0 Å². The third kappa shape index (κ3) is 12.6. The van der Waals surface area contributed by atoms with Crippen LogP contribution in [-0.2, 0) is 17.6 Å². The molecule has 0 unspecified atom stereocenters. The van der Waals surface area contributed by atoms with Crippen LogP contribution in [-0.4, -0.2) is 11.9 Å². The molecule has 3 nitrogen and oxygen atoms in total. The molecule has 2 rings (SSSR count). The Morgan fingerprint density at radius 3 is 1.19 bits per heavy atom. The van der Waals surface area contributed by atoms with Crippen molar-refractivity contribution in [1.29, 1.82) is 0 Å². The Kier molecular flexibility index (Phi) is 16.4. The zero-order valence-electron chi connectivity index (χ0n) is 23.6. The SMILES string of the molecule is CCCCCCCCCCc1ccccc1C(=O)OC(=O)c1ccccc1CCCCCCCCCC. The van der Waals surface area contributed by atoms with Crippen LogP contribution in [0.5, 0.6) is 0 Å². The molecule has 0 atom stereocenters. The van der Waals surface area contributed by atoms with E-state index in [0.29, 0.717) is 11.1 Å². The summed E-state index contributed by atoms with van der Waals surface area (Å²) in [4.78, 5) is 25.9. The van der Waals surface area contributed by atoms with Gasteiger partial charge in [0, 0.05) is 0 Å². The minimum absolute atomic E-state index is 0.513. The fourth-order valence-electron chi connectivity index (χ4n) is 4.97. The first-order chi connectivity index (χ1) is 18.2. The summed E-state index contributed by atoms with van der Waals surface area (Å²) in [6.45, 7) is 4.49. The summed E-state index contributed by atoms with van der Waals surface area (Å²) in [6, 6.07) is 15.1. The lowest BCUT2D eigenvalue weighted by Gasteiger charge is -2.11. The van der Waals surface area contributed by atoms with Crippen molar-refractivity contribution in [3.8, 4) is 0 Å². The van der Waals surface area contributed by atoms with Crippen LogP contribution in [0.15, 0.2) is 48.5 Å². The zero-order chi connectivity index (χ0) is 26.6. The van der Waals surface area contributed by atoms with E-state index in [-0.39, 0.29) is 0 Å². The van der Waals surface area contributed by atoms with Gasteiger partial charge in [0.2, 0.25) is 0 Å². The predicted octanol–water partition coefficient (Wildman–Crippen LogP) is 10.1. The van der Waals surface area contributed by atoms with Crippen molar-refractivity contribution in [3.63, 3.8) is 0 Å². The Morgan fingerprint density at radius 1 is 0.486 bits per heavy atom. The smallest absolute Gasteiger partial charge is 0.346 e. The lowest BCUT2D eigenvalue weighted by Crippen LogP contribution is -2.16. The molecule has 3 heteroatoms. The minimum atomic E-state index is -0.540. The van der Waals surface area contributed by atoms with Gasteiger partial charge in [-0.15, -0.1) is 0 Å². The highest BCUT2D eigenvalue weighted by Crippen LogP contribution is 2.19. The second kappa shape index (κ2) is 19.7. The fraction of sp³-hybridized carbons (Fsp3) is 0.588. The standard InChI is InChI=1S/C34H50O3/c1-3-5-7-9-11-13-15-17-23-29-25-19-21-27-31(29)33(35)37-34(36)32-28-22-20-26-30(32)24-18-16-14-12-10-8-6-4-2/h19-22,25-28H,3-18,23-24H2,1-2H3. The van der Waals surface area contributed by atoms with E-state index in [1.165, 1.54) is 89.9 Å². The average Bonchev–Trinajstić information content (AvgIpc) is 2.92. The largest absolute Gasteiger partial charge is 0.386 e. The van der Waals surface area contributed by atoms with Gasteiger partial charge < -0.3 is 4.74 Å². The number of unbranched alkanes of at least 4 members (excludes halogenated alkanes) is 14. The van der Waals surface area contributed by atoms with Crippen LogP contribution in [0.25, 0.3) is 0 Å². The fourth-order valence-corrected chi connectivity index (χ4v) is 4.97. The second-order valence-corrected chi connectivity index (χ2v) is 10.4. The van der Waals surface area contributed by atoms with E-state index in [0.717, 1.165) is 36.8 Å². The van der Waals surface area contributed by atoms with E-state index in [2.05, 4.69) is 13.8 Å². The van der Waals surface area contributed by atoms with E-state index >= 15 is 0 Å². The van der Waals surface area contributed by atoms with Gasteiger partial charge in [0.05, 0.1) is 11.1 Å². The quantitative estimate of drug-likeness (QED) is 0.102. The number of ether oxygens (including phenoxy) is 1. The predicted molar refractivity (Wildman–Crippen MR) is 155 cm³/mol. The molecule has 0 aliphatic rings. The normalized spacial score (nSPS) is 11.0. The third-order valence-corrected chi connectivity index (χ3v) is 7.26. The molecule has 0 fully saturated rings. The minimum Gasteiger partial charge on any atom is -0.386 e. The summed E-state index contributed by atoms with van der Waals surface area (Å²) in [6.07, 6.45) is 21.7. The van der Waals surface area contributed by atoms with Gasteiger partial charge in [0.1, 0.15) is 0 Å². The lowest BCUT2D eigenvalue weighted by molar-refractivity contribution is 0.0396. The molecule has 0 aromatic heterocycles. The highest BCUT2D eigenvalue weighted by Gasteiger charge is 2.19. The van der Waals surface area contributed by atoms with Crippen molar-refractivity contribution < 1.29 is 14.3 Å². The van der Waals surface area contributed by atoms with Gasteiger partial charge in [0.15, 0.2) is 0 Å². The maximum absolute atomic E-state index is 13.0. The number of hydrogen-bond donors (Lipinski definition) is 0. The number of aryl methyl sites for hydroxylation is 2. The van der Waals surface area contributed by atoms with E-state index in [1.807, 2.05) is 36.4 Å². The van der Waals surface area contributed by atoms with Crippen LogP contribution in [0, 0.1) is 0 Å². The monoisotopic (exact) mass is 506 g/mol. The van der Waals surface area contributed by atoms with Crippen LogP contribution in [0.3, 0.4) is 0 Å². The summed E-state index contributed by atoms with van der Waals surface area (Å²) in [7, 11) is 0. The van der Waals surface area contributed by atoms with Crippen molar-refractivity contribution in [2.24, 2.45) is 0 Å². The molecular weight excluding hydrogens is 456 g/mol. The second-order valence-electron chi connectivity index (χ2n) is 10.4. The maximum Gasteiger partial charge on any atom is 0.346 e. The Labute approximate surface area is 226 Å². The molecule has 0 radical (unpaired) electrons. The molecule has 204 valence electrons. The van der Waals surface area contributed by atoms with Crippen LogP contribution in [0.1, 0.15) is 148 Å². The third-order valence-electron chi connectivity index (χ3n) is 7.26. The maximum atomic E-state index is 13.0. The van der Waals surface area contributed by atoms with E-state index in [9.17, 15) is 9.59 Å². The first-order valence-electron chi connectivity index (χ1n) is 15.1. The summed E-state index contributed by atoms with van der Waals surface area (Å²) >= 11 is 0. The van der Waals surface area contributed by atoms with Crippen molar-refractivity contribution in [2.45, 2.75) is 129 Å². The Morgan fingerprint density at radius 2 is 0.811 bits per heavy atom. The lowest BCUT2D eigenvalue weighted by atomic mass is 9.99. The van der Waals surface area contributed by atoms with Gasteiger partial charge in [-0.05, 0) is 48.9 Å². The van der Waals surface area contributed by atoms with Crippen LogP contribution in [0.4, 0.5) is 0 Å². The number of benzene rings is 2. The van der Waals surface area contributed by atoms with E-state index in [4.69, 9.17) is 4.74 Å². The first-order valence-corrected chi connectivity index (χ1v) is 15.1. The Bertz CT molecular complexity index is 828. The Balaban J connectivity index is 1.82. The molecule has 0 aliphatic carbocycles. The van der Waals surface area contributed by atoms with Crippen LogP contribution in [0.2, 0.25) is 0 Å². The summed E-state index contributed by atoms with van der Waals surface area (Å²) in [5.74, 6) is -1.08. The van der Waals surface area contributed by atoms with Crippen molar-refractivity contribution in [3.05, 3.63) is 70.8 Å². The van der Waals surface area contributed by atoms with Gasteiger partial charge in [-0.3, -0.25) is 0 Å². The summed E-state index contributed by atoms with van der Waals surface area (Å²) in [5, 5.41) is 0. The van der Waals surface area contributed by atoms with Crippen LogP contribution >= 0.6 is 0 Å². The summed E-state index contributed by atoms with van der Waals surface area (Å²) < 4.78 is 5.39. The molecule has 0 amide bonds. The van der Waals surface area contributed by atoms with Gasteiger partial charge in [-0.2, -0.15) is 0 Å². The van der Waals surface area contributed by atoms with Gasteiger partial charge in [-0.1, -0.05) is 140 Å². The van der Waals surface area contributed by atoms with Crippen molar-refractivity contribution in [1.82, 2.24) is 0 Å². The van der Waals surface area contributed by atoms with Gasteiger partial charge >= 0.3 is 11.9 Å². The molecule has 0 aliphatic heterocycles. The average molecular weight is 507 g/mol.